The van der Waals surface area contributed by atoms with Crippen LogP contribution >= 0.6 is 0 Å². The molecule has 26 heavy (non-hydrogen) atoms. The van der Waals surface area contributed by atoms with Crippen LogP contribution in [-0.4, -0.2) is 10.8 Å². The number of benzene rings is 3. The monoisotopic (exact) mass is 346 g/mol. The van der Waals surface area contributed by atoms with E-state index in [-0.39, 0.29) is 23.7 Å². The van der Waals surface area contributed by atoms with Crippen molar-refractivity contribution in [3.05, 3.63) is 82.9 Å². The van der Waals surface area contributed by atoms with Gasteiger partial charge in [-0.1, -0.05) is 67.6 Å². The van der Waals surface area contributed by atoms with E-state index >= 15 is 0 Å². The molecule has 0 saturated heterocycles. The summed E-state index contributed by atoms with van der Waals surface area (Å²) in [7, 11) is 0. The summed E-state index contributed by atoms with van der Waals surface area (Å²) in [6, 6.07) is 22.7. The lowest BCUT2D eigenvalue weighted by Crippen LogP contribution is -2.11. The van der Waals surface area contributed by atoms with Gasteiger partial charge in [-0.05, 0) is 28.3 Å². The van der Waals surface area contributed by atoms with E-state index in [1.165, 1.54) is 6.07 Å². The maximum Gasteiger partial charge on any atom is 0.293 e. The molecule has 0 heterocycles. The van der Waals surface area contributed by atoms with Crippen molar-refractivity contribution in [3.8, 4) is 22.3 Å². The summed E-state index contributed by atoms with van der Waals surface area (Å²) in [6.07, 6.45) is 0.264. The van der Waals surface area contributed by atoms with Crippen LogP contribution in [0.3, 0.4) is 0 Å². The van der Waals surface area contributed by atoms with Crippen molar-refractivity contribution in [2.75, 3.05) is 5.32 Å². The van der Waals surface area contributed by atoms with Gasteiger partial charge in [-0.3, -0.25) is 14.9 Å². The average Bonchev–Trinajstić information content (AvgIpc) is 2.69. The predicted molar refractivity (Wildman–Crippen MR) is 103 cm³/mol. The van der Waals surface area contributed by atoms with Crippen LogP contribution in [0.5, 0.6) is 0 Å². The van der Waals surface area contributed by atoms with Crippen LogP contribution in [0.1, 0.15) is 13.3 Å². The Hall–Kier alpha value is -3.47. The molecule has 0 aliphatic heterocycles. The number of anilines is 1. The molecule has 0 aliphatic rings. The van der Waals surface area contributed by atoms with E-state index < -0.39 is 4.92 Å². The lowest BCUT2D eigenvalue weighted by atomic mass is 10.00. The Morgan fingerprint density at radius 3 is 2.00 bits per heavy atom. The lowest BCUT2D eigenvalue weighted by molar-refractivity contribution is -0.383. The number of nitro groups is 1. The molecule has 0 saturated carbocycles. The van der Waals surface area contributed by atoms with Gasteiger partial charge in [0.05, 0.1) is 4.92 Å². The summed E-state index contributed by atoms with van der Waals surface area (Å²) in [4.78, 5) is 22.4. The Kier molecular flexibility index (Phi) is 5.08. The van der Waals surface area contributed by atoms with E-state index in [4.69, 9.17) is 0 Å². The molecule has 0 unspecified atom stereocenters. The van der Waals surface area contributed by atoms with Crippen LogP contribution in [0.15, 0.2) is 72.8 Å². The normalized spacial score (nSPS) is 10.3. The van der Waals surface area contributed by atoms with E-state index in [0.29, 0.717) is 0 Å². The first-order valence-corrected chi connectivity index (χ1v) is 8.32. The van der Waals surface area contributed by atoms with Gasteiger partial charge in [0.2, 0.25) is 5.91 Å². The smallest absolute Gasteiger partial charge is 0.293 e. The number of carbonyl (C=O) groups is 1. The molecule has 5 heteroatoms. The van der Waals surface area contributed by atoms with E-state index in [1.807, 2.05) is 54.6 Å². The van der Waals surface area contributed by atoms with Gasteiger partial charge in [0.1, 0.15) is 5.69 Å². The first kappa shape index (κ1) is 17.4. The molecule has 3 rings (SSSR count). The third-order valence-corrected chi connectivity index (χ3v) is 4.11. The number of hydrogen-bond donors (Lipinski definition) is 1. The number of carbonyl (C=O) groups excluding carboxylic acids is 1. The molecule has 1 amide bonds. The van der Waals surface area contributed by atoms with Crippen molar-refractivity contribution in [1.29, 1.82) is 0 Å². The molecular formula is C21H18N2O3. The van der Waals surface area contributed by atoms with Crippen molar-refractivity contribution in [2.24, 2.45) is 0 Å². The van der Waals surface area contributed by atoms with Crippen LogP contribution in [-0.2, 0) is 4.79 Å². The Balaban J connectivity index is 1.93. The van der Waals surface area contributed by atoms with E-state index in [9.17, 15) is 14.9 Å². The van der Waals surface area contributed by atoms with Gasteiger partial charge in [0.15, 0.2) is 0 Å². The van der Waals surface area contributed by atoms with Crippen LogP contribution < -0.4 is 5.32 Å². The molecule has 130 valence electrons. The highest BCUT2D eigenvalue weighted by Crippen LogP contribution is 2.32. The van der Waals surface area contributed by atoms with Crippen LogP contribution in [0.25, 0.3) is 22.3 Å². The zero-order valence-electron chi connectivity index (χ0n) is 14.3. The Morgan fingerprint density at radius 1 is 0.885 bits per heavy atom. The van der Waals surface area contributed by atoms with Crippen LogP contribution in [0, 0.1) is 10.1 Å². The van der Waals surface area contributed by atoms with Crippen molar-refractivity contribution in [1.82, 2.24) is 0 Å². The van der Waals surface area contributed by atoms with Gasteiger partial charge >= 0.3 is 0 Å². The fourth-order valence-electron chi connectivity index (χ4n) is 2.69. The minimum absolute atomic E-state index is 0.114. The molecule has 3 aromatic carbocycles. The maximum absolute atomic E-state index is 11.5. The highest BCUT2D eigenvalue weighted by Gasteiger charge is 2.16. The second-order valence-electron chi connectivity index (χ2n) is 5.83. The average molecular weight is 346 g/mol. The third kappa shape index (κ3) is 3.78. The van der Waals surface area contributed by atoms with E-state index in [1.54, 1.807) is 19.1 Å². The van der Waals surface area contributed by atoms with Crippen molar-refractivity contribution in [3.63, 3.8) is 0 Å². The summed E-state index contributed by atoms with van der Waals surface area (Å²) >= 11 is 0. The largest absolute Gasteiger partial charge is 0.320 e. The standard InChI is InChI=1S/C21H18N2O3/c1-2-21(24)22-19-13-12-18(14-20(19)23(25)26)17-10-8-16(9-11-17)15-6-4-3-5-7-15/h3-14H,2H2,1H3,(H,22,24). The minimum atomic E-state index is -0.479. The summed E-state index contributed by atoms with van der Waals surface area (Å²) < 4.78 is 0. The highest BCUT2D eigenvalue weighted by molar-refractivity contribution is 5.93. The number of nitrogens with one attached hydrogen (secondary N) is 1. The number of hydrogen-bond acceptors (Lipinski definition) is 3. The van der Waals surface area contributed by atoms with Gasteiger partial charge in [-0.2, -0.15) is 0 Å². The molecule has 5 nitrogen and oxygen atoms in total. The number of rotatable bonds is 5. The van der Waals surface area contributed by atoms with Crippen molar-refractivity contribution >= 4 is 17.3 Å². The molecule has 0 bridgehead atoms. The Bertz CT molecular complexity index is 935. The summed E-state index contributed by atoms with van der Waals surface area (Å²) in [6.45, 7) is 1.70. The van der Waals surface area contributed by atoms with E-state index in [2.05, 4.69) is 5.32 Å². The minimum Gasteiger partial charge on any atom is -0.320 e. The molecule has 1 N–H and O–H groups in total. The third-order valence-electron chi connectivity index (χ3n) is 4.11. The molecule has 0 atom stereocenters. The van der Waals surface area contributed by atoms with Gasteiger partial charge in [-0.25, -0.2) is 0 Å². The van der Waals surface area contributed by atoms with Gasteiger partial charge in [-0.15, -0.1) is 0 Å². The zero-order chi connectivity index (χ0) is 18.5. The second-order valence-corrected chi connectivity index (χ2v) is 5.83. The first-order valence-electron chi connectivity index (χ1n) is 8.32. The van der Waals surface area contributed by atoms with E-state index in [0.717, 1.165) is 22.3 Å². The number of nitrogens with zero attached hydrogens (tertiary/aromatic N) is 1. The SMILES string of the molecule is CCC(=O)Nc1ccc(-c2ccc(-c3ccccc3)cc2)cc1[N+](=O)[O-]. The fourth-order valence-corrected chi connectivity index (χ4v) is 2.69. The molecule has 0 aliphatic carbocycles. The molecule has 0 aromatic heterocycles. The molecular weight excluding hydrogens is 328 g/mol. The van der Waals surface area contributed by atoms with Crippen molar-refractivity contribution in [2.45, 2.75) is 13.3 Å². The quantitative estimate of drug-likeness (QED) is 0.505. The van der Waals surface area contributed by atoms with Gasteiger partial charge in [0, 0.05) is 12.5 Å². The Labute approximate surface area is 151 Å². The molecule has 0 fully saturated rings. The fraction of sp³-hybridized carbons (Fsp3) is 0.0952. The topological polar surface area (TPSA) is 72.2 Å². The van der Waals surface area contributed by atoms with Crippen molar-refractivity contribution < 1.29 is 9.72 Å². The molecule has 3 aromatic rings. The summed E-state index contributed by atoms with van der Waals surface area (Å²) in [5.74, 6) is -0.256. The van der Waals surface area contributed by atoms with Gasteiger partial charge < -0.3 is 5.32 Å². The predicted octanol–water partition coefficient (Wildman–Crippen LogP) is 5.28. The summed E-state index contributed by atoms with van der Waals surface area (Å²) in [5, 5.41) is 13.9. The van der Waals surface area contributed by atoms with Crippen LogP contribution in [0.4, 0.5) is 11.4 Å². The lowest BCUT2D eigenvalue weighted by Gasteiger charge is -2.08. The number of nitro benzene ring substituents is 1. The number of amides is 1. The first-order chi connectivity index (χ1) is 12.6. The second kappa shape index (κ2) is 7.61. The zero-order valence-corrected chi connectivity index (χ0v) is 14.3. The van der Waals surface area contributed by atoms with Gasteiger partial charge in [0.25, 0.3) is 5.69 Å². The summed E-state index contributed by atoms with van der Waals surface area (Å²) in [5.41, 5.74) is 3.90. The molecule has 0 spiro atoms. The maximum atomic E-state index is 11.5. The highest BCUT2D eigenvalue weighted by atomic mass is 16.6. The molecule has 0 radical (unpaired) electrons. The Morgan fingerprint density at radius 2 is 1.42 bits per heavy atom. The van der Waals surface area contributed by atoms with Crippen LogP contribution in [0.2, 0.25) is 0 Å².